The van der Waals surface area contributed by atoms with Gasteiger partial charge in [0.15, 0.2) is 6.10 Å². The highest BCUT2D eigenvalue weighted by atomic mass is 16.6. The fourth-order valence-corrected chi connectivity index (χ4v) is 6.79. The molecule has 0 amide bonds. The van der Waals surface area contributed by atoms with Crippen LogP contribution in [-0.4, -0.2) is 75.5 Å². The van der Waals surface area contributed by atoms with E-state index < -0.39 is 18.1 Å². The molecular formula is C57H93NO7. The summed E-state index contributed by atoms with van der Waals surface area (Å²) in [5.41, 5.74) is 0. The van der Waals surface area contributed by atoms with E-state index in [9.17, 15) is 19.5 Å². The minimum Gasteiger partial charge on any atom is -0.544 e. The first-order valence-electron chi connectivity index (χ1n) is 25.4. The average Bonchev–Trinajstić information content (AvgIpc) is 3.27. The molecule has 8 heteroatoms. The van der Waals surface area contributed by atoms with Crippen molar-refractivity contribution in [3.05, 3.63) is 109 Å². The number of allylic oxidation sites excluding steroid dienone is 18. The van der Waals surface area contributed by atoms with Crippen LogP contribution in [0.1, 0.15) is 181 Å². The molecule has 0 aliphatic carbocycles. The molecule has 368 valence electrons. The van der Waals surface area contributed by atoms with Crippen molar-refractivity contribution in [3.63, 3.8) is 0 Å². The molecule has 0 aromatic rings. The fraction of sp³-hybridized carbons (Fsp3) is 0.632. The average molecular weight is 904 g/mol. The van der Waals surface area contributed by atoms with Crippen molar-refractivity contribution < 1.29 is 38.2 Å². The van der Waals surface area contributed by atoms with Crippen LogP contribution >= 0.6 is 0 Å². The lowest BCUT2D eigenvalue weighted by atomic mass is 10.1. The second kappa shape index (κ2) is 46.5. The number of aliphatic carboxylic acids is 1. The SMILES string of the molecule is CC/C=C/C/C=C/C/C=C/C/C=C/C/C=C/C/C=C/CCCCCC(=O)OC(COCCC(C(=O)[O-])[N+](C)(C)C)COC(=O)CCCCCCCCCCC/C=C/C/C=C/C/C=C/CC. The number of carboxylic acid groups (broad SMARTS) is 1. The Balaban J connectivity index is 4.36. The Morgan fingerprint density at radius 2 is 0.815 bits per heavy atom. The van der Waals surface area contributed by atoms with Gasteiger partial charge in [0.2, 0.25) is 0 Å². The normalized spacial score (nSPS) is 13.8. The van der Waals surface area contributed by atoms with Crippen molar-refractivity contribution in [1.29, 1.82) is 0 Å². The van der Waals surface area contributed by atoms with Gasteiger partial charge in [0.25, 0.3) is 0 Å². The van der Waals surface area contributed by atoms with E-state index in [1.165, 1.54) is 38.5 Å². The van der Waals surface area contributed by atoms with Crippen molar-refractivity contribution in [2.24, 2.45) is 0 Å². The number of unbranched alkanes of at least 4 members (excludes halogenated alkanes) is 12. The predicted molar refractivity (Wildman–Crippen MR) is 272 cm³/mol. The van der Waals surface area contributed by atoms with Gasteiger partial charge in [-0.05, 0) is 96.3 Å². The summed E-state index contributed by atoms with van der Waals surface area (Å²) in [7, 11) is 5.39. The van der Waals surface area contributed by atoms with E-state index in [0.29, 0.717) is 12.8 Å². The number of esters is 2. The van der Waals surface area contributed by atoms with E-state index in [0.717, 1.165) is 103 Å². The first-order chi connectivity index (χ1) is 31.6. The van der Waals surface area contributed by atoms with E-state index in [1.807, 2.05) is 0 Å². The number of carbonyl (C=O) groups is 3. The number of ether oxygens (including phenoxy) is 3. The van der Waals surface area contributed by atoms with Crippen molar-refractivity contribution in [1.82, 2.24) is 0 Å². The Bertz CT molecular complexity index is 1420. The Labute approximate surface area is 398 Å². The maximum Gasteiger partial charge on any atom is 0.306 e. The van der Waals surface area contributed by atoms with Crippen LogP contribution in [-0.2, 0) is 28.6 Å². The smallest absolute Gasteiger partial charge is 0.306 e. The highest BCUT2D eigenvalue weighted by Gasteiger charge is 2.25. The molecule has 0 aromatic carbocycles. The number of carboxylic acids is 1. The number of quaternary nitrogens is 1. The zero-order valence-electron chi connectivity index (χ0n) is 41.9. The van der Waals surface area contributed by atoms with Crippen LogP contribution in [0, 0.1) is 0 Å². The van der Waals surface area contributed by atoms with Crippen molar-refractivity contribution >= 4 is 17.9 Å². The molecule has 0 radical (unpaired) electrons. The number of hydrogen-bond donors (Lipinski definition) is 0. The van der Waals surface area contributed by atoms with Crippen LogP contribution < -0.4 is 5.11 Å². The molecular weight excluding hydrogens is 811 g/mol. The number of nitrogens with zero attached hydrogens (tertiary/aromatic N) is 1. The maximum atomic E-state index is 12.8. The molecule has 0 saturated carbocycles. The van der Waals surface area contributed by atoms with Crippen LogP contribution in [0.2, 0.25) is 0 Å². The Kier molecular flexibility index (Phi) is 43.6. The highest BCUT2D eigenvalue weighted by molar-refractivity contribution is 5.70. The minimum absolute atomic E-state index is 0.0182. The summed E-state index contributed by atoms with van der Waals surface area (Å²) < 4.78 is 17.2. The molecule has 0 aliphatic heterocycles. The predicted octanol–water partition coefficient (Wildman–Crippen LogP) is 13.5. The third-order valence-corrected chi connectivity index (χ3v) is 10.7. The van der Waals surface area contributed by atoms with Crippen LogP contribution in [0.3, 0.4) is 0 Å². The van der Waals surface area contributed by atoms with E-state index >= 15 is 0 Å². The molecule has 8 nitrogen and oxygen atoms in total. The largest absolute Gasteiger partial charge is 0.544 e. The third kappa shape index (κ3) is 45.0. The summed E-state index contributed by atoms with van der Waals surface area (Å²) in [4.78, 5) is 37.0. The van der Waals surface area contributed by atoms with Gasteiger partial charge in [-0.1, -0.05) is 175 Å². The van der Waals surface area contributed by atoms with Gasteiger partial charge >= 0.3 is 11.9 Å². The summed E-state index contributed by atoms with van der Waals surface area (Å²) in [6, 6.07) is -0.740. The second-order valence-corrected chi connectivity index (χ2v) is 17.6. The van der Waals surface area contributed by atoms with Crippen LogP contribution in [0.15, 0.2) is 109 Å². The fourth-order valence-electron chi connectivity index (χ4n) is 6.79. The van der Waals surface area contributed by atoms with Crippen LogP contribution in [0.25, 0.3) is 0 Å². The van der Waals surface area contributed by atoms with E-state index in [4.69, 9.17) is 14.2 Å². The Morgan fingerprint density at radius 3 is 1.22 bits per heavy atom. The van der Waals surface area contributed by atoms with Gasteiger partial charge in [-0.25, -0.2) is 0 Å². The molecule has 0 N–H and O–H groups in total. The minimum atomic E-state index is -1.14. The van der Waals surface area contributed by atoms with Gasteiger partial charge in [-0.2, -0.15) is 0 Å². The number of likely N-dealkylation sites (N-methyl/N-ethyl adjacent to an activating group) is 1. The molecule has 0 rings (SSSR count). The van der Waals surface area contributed by atoms with Gasteiger partial charge < -0.3 is 28.6 Å². The Hall–Kier alpha value is -4.01. The van der Waals surface area contributed by atoms with Crippen molar-refractivity contribution in [2.45, 2.75) is 193 Å². The summed E-state index contributed by atoms with van der Waals surface area (Å²) in [5.74, 6) is -1.80. The summed E-state index contributed by atoms with van der Waals surface area (Å²) in [6.07, 6.45) is 64.0. The highest BCUT2D eigenvalue weighted by Crippen LogP contribution is 2.14. The van der Waals surface area contributed by atoms with E-state index in [2.05, 4.69) is 123 Å². The molecule has 0 bridgehead atoms. The first-order valence-corrected chi connectivity index (χ1v) is 25.4. The second-order valence-electron chi connectivity index (χ2n) is 17.6. The lowest BCUT2D eigenvalue weighted by molar-refractivity contribution is -0.889. The van der Waals surface area contributed by atoms with Crippen molar-refractivity contribution in [2.75, 3.05) is 41.0 Å². The topological polar surface area (TPSA) is 102 Å². The first kappa shape index (κ1) is 61.0. The molecule has 0 spiro atoms. The molecule has 0 saturated heterocycles. The third-order valence-electron chi connectivity index (χ3n) is 10.7. The number of hydrogen-bond acceptors (Lipinski definition) is 7. The standard InChI is InChI=1S/C57H93NO7/c1-6-8-10-12-14-16-18-20-22-24-26-27-28-30-32-34-36-38-40-42-44-46-48-56(60)65-53(51-63-50-49-54(57(61)62)58(3,4)5)52-64-55(59)47-45-43-41-39-37-35-33-31-29-25-23-21-19-17-15-13-11-9-7-2/h8-11,14-17,20-23,26-27,30,32,36,38,53-54H,6-7,12-13,18-19,24-25,28-29,31,33-35,37,39-52H2,1-5H3/b10-8+,11-9+,16-14+,17-15+,22-20+,23-21+,27-26+,32-30+,38-36+. The number of rotatable bonds is 44. The van der Waals surface area contributed by atoms with Gasteiger partial charge in [0.1, 0.15) is 12.6 Å². The maximum absolute atomic E-state index is 12.8. The van der Waals surface area contributed by atoms with Crippen molar-refractivity contribution in [3.8, 4) is 0 Å². The van der Waals surface area contributed by atoms with Gasteiger partial charge in [-0.15, -0.1) is 0 Å². The lowest BCUT2D eigenvalue weighted by Crippen LogP contribution is -2.55. The number of carbonyl (C=O) groups excluding carboxylic acids is 3. The quantitative estimate of drug-likeness (QED) is 0.0260. The molecule has 2 atom stereocenters. The molecule has 0 aromatic heterocycles. The molecule has 0 fully saturated rings. The van der Waals surface area contributed by atoms with Gasteiger partial charge in [0.05, 0.1) is 40.3 Å². The molecule has 0 heterocycles. The zero-order valence-corrected chi connectivity index (χ0v) is 41.9. The van der Waals surface area contributed by atoms with Crippen LogP contribution in [0.5, 0.6) is 0 Å². The summed E-state index contributed by atoms with van der Waals surface area (Å²) >= 11 is 0. The van der Waals surface area contributed by atoms with Crippen LogP contribution in [0.4, 0.5) is 0 Å². The molecule has 2 unspecified atom stereocenters. The monoisotopic (exact) mass is 904 g/mol. The summed E-state index contributed by atoms with van der Waals surface area (Å²) in [5, 5.41) is 11.7. The molecule has 0 aliphatic rings. The van der Waals surface area contributed by atoms with Gasteiger partial charge in [-0.3, -0.25) is 9.59 Å². The van der Waals surface area contributed by atoms with E-state index in [1.54, 1.807) is 21.1 Å². The van der Waals surface area contributed by atoms with Gasteiger partial charge in [0, 0.05) is 19.3 Å². The summed E-state index contributed by atoms with van der Waals surface area (Å²) in [6.45, 7) is 4.39. The lowest BCUT2D eigenvalue weighted by Gasteiger charge is -2.34. The van der Waals surface area contributed by atoms with E-state index in [-0.39, 0.29) is 49.1 Å². The Morgan fingerprint density at radius 1 is 0.462 bits per heavy atom. The molecule has 65 heavy (non-hydrogen) atoms. The zero-order chi connectivity index (χ0) is 47.7.